The van der Waals surface area contributed by atoms with Gasteiger partial charge in [-0.1, -0.05) is 6.92 Å². The second-order valence-corrected chi connectivity index (χ2v) is 8.06. The minimum Gasteiger partial charge on any atom is -0.207 e. The number of hydrogen-bond acceptors (Lipinski definition) is 4. The molecule has 1 aromatic carbocycles. The van der Waals surface area contributed by atoms with Crippen molar-refractivity contribution in [1.29, 1.82) is 5.26 Å². The first-order valence-corrected chi connectivity index (χ1v) is 8.70. The molecule has 0 aliphatic carbocycles. The highest BCUT2D eigenvalue weighted by Gasteiger charge is 2.35. The summed E-state index contributed by atoms with van der Waals surface area (Å²) >= 11 is 1.73. The van der Waals surface area contributed by atoms with Gasteiger partial charge in [0.15, 0.2) is 0 Å². The summed E-state index contributed by atoms with van der Waals surface area (Å²) in [4.78, 5) is -0.0265. The van der Waals surface area contributed by atoms with Crippen LogP contribution < -0.4 is 0 Å². The van der Waals surface area contributed by atoms with Crippen LogP contribution in [0, 0.1) is 17.1 Å². The van der Waals surface area contributed by atoms with Crippen LogP contribution in [0.1, 0.15) is 19.4 Å². The third-order valence-corrected chi connectivity index (χ3v) is 6.81. The fourth-order valence-electron chi connectivity index (χ4n) is 2.13. The van der Waals surface area contributed by atoms with Crippen LogP contribution in [0.25, 0.3) is 0 Å². The molecule has 0 spiro atoms. The number of benzene rings is 1. The molecule has 2 unspecified atom stereocenters. The van der Waals surface area contributed by atoms with Crippen LogP contribution in [-0.4, -0.2) is 36.3 Å². The van der Waals surface area contributed by atoms with Crippen LogP contribution in [0.15, 0.2) is 23.1 Å². The van der Waals surface area contributed by atoms with E-state index < -0.39 is 15.8 Å². The maximum absolute atomic E-state index is 13.3. The average Bonchev–Trinajstić information content (AvgIpc) is 2.42. The standard InChI is InChI=1S/C13H15FN2O2S2/c1-9-10(2)19-6-5-16(9)20(17,18)12-3-4-13(14)11(7-12)8-15/h3-4,7,9-10H,5-6H2,1-2H3. The van der Waals surface area contributed by atoms with E-state index in [0.29, 0.717) is 6.54 Å². The summed E-state index contributed by atoms with van der Waals surface area (Å²) in [5, 5.41) is 9.01. The van der Waals surface area contributed by atoms with Crippen molar-refractivity contribution in [2.45, 2.75) is 30.0 Å². The van der Waals surface area contributed by atoms with E-state index in [0.717, 1.165) is 17.9 Å². The van der Waals surface area contributed by atoms with Crippen LogP contribution in [0.5, 0.6) is 0 Å². The van der Waals surface area contributed by atoms with Gasteiger partial charge < -0.3 is 0 Å². The third kappa shape index (κ3) is 2.68. The van der Waals surface area contributed by atoms with Gasteiger partial charge in [0.25, 0.3) is 0 Å². The Hall–Kier alpha value is -1.10. The zero-order valence-corrected chi connectivity index (χ0v) is 12.8. The quantitative estimate of drug-likeness (QED) is 0.840. The molecule has 0 bridgehead atoms. The molecule has 1 heterocycles. The highest BCUT2D eigenvalue weighted by Crippen LogP contribution is 2.29. The first-order chi connectivity index (χ1) is 9.37. The van der Waals surface area contributed by atoms with Crippen molar-refractivity contribution < 1.29 is 12.8 Å². The number of nitriles is 1. The van der Waals surface area contributed by atoms with Crippen LogP contribution in [0.2, 0.25) is 0 Å². The molecule has 1 saturated heterocycles. The summed E-state index contributed by atoms with van der Waals surface area (Å²) in [5.41, 5.74) is -0.252. The predicted octanol–water partition coefficient (Wildman–Crippen LogP) is 2.21. The van der Waals surface area contributed by atoms with Crippen molar-refractivity contribution in [3.63, 3.8) is 0 Å². The molecule has 4 nitrogen and oxygen atoms in total. The zero-order valence-electron chi connectivity index (χ0n) is 11.2. The molecule has 108 valence electrons. The summed E-state index contributed by atoms with van der Waals surface area (Å²) in [5.74, 6) is 0.0268. The molecular weight excluding hydrogens is 299 g/mol. The molecular formula is C13H15FN2O2S2. The number of thioether (sulfide) groups is 1. The van der Waals surface area contributed by atoms with Gasteiger partial charge >= 0.3 is 0 Å². The lowest BCUT2D eigenvalue weighted by atomic mass is 10.2. The Morgan fingerprint density at radius 1 is 1.45 bits per heavy atom. The predicted molar refractivity (Wildman–Crippen MR) is 76.4 cm³/mol. The normalized spacial score (nSPS) is 24.3. The van der Waals surface area contributed by atoms with Gasteiger partial charge in [0.05, 0.1) is 10.5 Å². The molecule has 0 saturated carbocycles. The van der Waals surface area contributed by atoms with Crippen LogP contribution in [-0.2, 0) is 10.0 Å². The van der Waals surface area contributed by atoms with Gasteiger partial charge in [-0.25, -0.2) is 12.8 Å². The van der Waals surface area contributed by atoms with Crippen molar-refractivity contribution >= 4 is 21.8 Å². The molecule has 1 aliphatic rings. The Morgan fingerprint density at radius 2 is 2.15 bits per heavy atom. The zero-order chi connectivity index (χ0) is 14.9. The number of sulfonamides is 1. The van der Waals surface area contributed by atoms with E-state index in [4.69, 9.17) is 5.26 Å². The molecule has 1 aromatic rings. The fraction of sp³-hybridized carbons (Fsp3) is 0.462. The number of rotatable bonds is 2. The lowest BCUT2D eigenvalue weighted by molar-refractivity contribution is 0.340. The van der Waals surface area contributed by atoms with E-state index in [1.165, 1.54) is 10.4 Å². The van der Waals surface area contributed by atoms with Crippen molar-refractivity contribution in [2.24, 2.45) is 0 Å². The largest absolute Gasteiger partial charge is 0.243 e. The summed E-state index contributed by atoms with van der Waals surface area (Å²) in [6.07, 6.45) is 0. The summed E-state index contributed by atoms with van der Waals surface area (Å²) in [7, 11) is -3.69. The van der Waals surface area contributed by atoms with Gasteiger partial charge in [-0.2, -0.15) is 21.3 Å². The highest BCUT2D eigenvalue weighted by atomic mass is 32.2. The SMILES string of the molecule is CC1SCCN(S(=O)(=O)c2ccc(F)c(C#N)c2)C1C. The molecule has 0 amide bonds. The van der Waals surface area contributed by atoms with E-state index in [9.17, 15) is 12.8 Å². The Morgan fingerprint density at radius 3 is 2.80 bits per heavy atom. The molecule has 20 heavy (non-hydrogen) atoms. The molecule has 1 aliphatic heterocycles. The maximum Gasteiger partial charge on any atom is 0.243 e. The van der Waals surface area contributed by atoms with Crippen molar-refractivity contribution in [2.75, 3.05) is 12.3 Å². The fourth-order valence-corrected chi connectivity index (χ4v) is 5.15. The molecule has 1 fully saturated rings. The monoisotopic (exact) mass is 314 g/mol. The Bertz CT molecular complexity index is 655. The van der Waals surface area contributed by atoms with E-state index >= 15 is 0 Å². The highest BCUT2D eigenvalue weighted by molar-refractivity contribution is 8.00. The van der Waals surface area contributed by atoms with Crippen molar-refractivity contribution in [1.82, 2.24) is 4.31 Å². The number of halogens is 1. The first kappa shape index (κ1) is 15.3. The smallest absolute Gasteiger partial charge is 0.207 e. The summed E-state index contributed by atoms with van der Waals surface area (Å²) in [6, 6.07) is 4.88. The van der Waals surface area contributed by atoms with Gasteiger partial charge in [0.1, 0.15) is 11.9 Å². The van der Waals surface area contributed by atoms with Crippen LogP contribution >= 0.6 is 11.8 Å². The molecule has 0 N–H and O–H groups in total. The minimum absolute atomic E-state index is 0.0265. The summed E-state index contributed by atoms with van der Waals surface area (Å²) in [6.45, 7) is 4.28. The van der Waals surface area contributed by atoms with Gasteiger partial charge in [0.2, 0.25) is 10.0 Å². The van der Waals surface area contributed by atoms with Crippen LogP contribution in [0.3, 0.4) is 0 Å². The lowest BCUT2D eigenvalue weighted by Gasteiger charge is -2.36. The van der Waals surface area contributed by atoms with E-state index in [1.807, 2.05) is 13.8 Å². The molecule has 2 atom stereocenters. The number of hydrogen-bond donors (Lipinski definition) is 0. The Labute approximate surface area is 122 Å². The van der Waals surface area contributed by atoms with Gasteiger partial charge in [0, 0.05) is 23.6 Å². The Balaban J connectivity index is 2.42. The van der Waals surface area contributed by atoms with Gasteiger partial charge in [-0.05, 0) is 25.1 Å². The van der Waals surface area contributed by atoms with E-state index in [2.05, 4.69) is 0 Å². The van der Waals surface area contributed by atoms with Gasteiger partial charge in [-0.15, -0.1) is 0 Å². The van der Waals surface area contributed by atoms with Gasteiger partial charge in [-0.3, -0.25) is 0 Å². The minimum atomic E-state index is -3.69. The molecule has 2 rings (SSSR count). The number of nitrogens with zero attached hydrogens (tertiary/aromatic N) is 2. The van der Waals surface area contributed by atoms with E-state index in [-0.39, 0.29) is 21.8 Å². The van der Waals surface area contributed by atoms with E-state index in [1.54, 1.807) is 17.8 Å². The second-order valence-electron chi connectivity index (χ2n) is 4.69. The van der Waals surface area contributed by atoms with Crippen LogP contribution in [0.4, 0.5) is 4.39 Å². The van der Waals surface area contributed by atoms with Crippen molar-refractivity contribution in [3.05, 3.63) is 29.6 Å². The lowest BCUT2D eigenvalue weighted by Crippen LogP contribution is -2.47. The molecule has 0 aromatic heterocycles. The molecule has 0 radical (unpaired) electrons. The Kier molecular flexibility index (Phi) is 4.37. The topological polar surface area (TPSA) is 61.2 Å². The third-order valence-electron chi connectivity index (χ3n) is 3.49. The first-order valence-electron chi connectivity index (χ1n) is 6.21. The summed E-state index contributed by atoms with van der Waals surface area (Å²) < 4.78 is 40.0. The van der Waals surface area contributed by atoms with Crippen molar-refractivity contribution in [3.8, 4) is 6.07 Å². The molecule has 7 heteroatoms. The average molecular weight is 314 g/mol. The maximum atomic E-state index is 13.3. The second kappa shape index (κ2) is 5.72.